The van der Waals surface area contributed by atoms with Crippen LogP contribution >= 0.6 is 0 Å². The van der Waals surface area contributed by atoms with Gasteiger partial charge in [0.15, 0.2) is 6.26 Å². The first kappa shape index (κ1) is 11.0. The molecule has 1 aromatic rings. The van der Waals surface area contributed by atoms with Crippen LogP contribution < -0.4 is 4.18 Å². The zero-order chi connectivity index (χ0) is 10.8. The third-order valence-corrected chi connectivity index (χ3v) is 2.82. The quantitative estimate of drug-likeness (QED) is 0.718. The summed E-state index contributed by atoms with van der Waals surface area (Å²) in [6.45, 7) is 5.27. The van der Waals surface area contributed by atoms with Crippen molar-refractivity contribution in [3.63, 3.8) is 0 Å². The highest BCUT2D eigenvalue weighted by Crippen LogP contribution is 2.25. The molecule has 1 heterocycles. The molecule has 0 bridgehead atoms. The van der Waals surface area contributed by atoms with Crippen molar-refractivity contribution in [1.82, 2.24) is 5.16 Å². The Morgan fingerprint density at radius 1 is 1.57 bits per heavy atom. The van der Waals surface area contributed by atoms with Gasteiger partial charge in [0.2, 0.25) is 5.75 Å². The first-order valence-corrected chi connectivity index (χ1v) is 5.90. The maximum Gasteiger partial charge on any atom is 0.309 e. The molecule has 0 radical (unpaired) electrons. The minimum atomic E-state index is -3.50. The fraction of sp³-hybridized carbons (Fsp3) is 0.625. The molecule has 0 fully saturated rings. The Hall–Kier alpha value is -1.04. The second-order valence-corrected chi connectivity index (χ2v) is 5.01. The van der Waals surface area contributed by atoms with E-state index in [1.54, 1.807) is 0 Å². The first-order chi connectivity index (χ1) is 6.46. The van der Waals surface area contributed by atoms with E-state index in [1.165, 1.54) is 13.2 Å². The molecule has 0 spiro atoms. The second-order valence-electron chi connectivity index (χ2n) is 3.15. The fourth-order valence-corrected chi connectivity index (χ4v) is 1.40. The van der Waals surface area contributed by atoms with Gasteiger partial charge in [-0.1, -0.05) is 19.0 Å². The van der Waals surface area contributed by atoms with Crippen LogP contribution in [0.4, 0.5) is 0 Å². The number of aromatic nitrogens is 1. The third-order valence-electron chi connectivity index (χ3n) is 1.68. The second kappa shape index (κ2) is 4.00. The summed E-state index contributed by atoms with van der Waals surface area (Å²) in [5.74, 6) is 0.174. The molecule has 14 heavy (non-hydrogen) atoms. The van der Waals surface area contributed by atoms with Crippen molar-refractivity contribution in [2.75, 3.05) is 5.75 Å². The standard InChI is InChI=1S/C8H13NO4S/c1-4-14(10,11)13-7-5-12-9-8(7)6(2)3/h5-6H,4H2,1-3H3. The molecular weight excluding hydrogens is 206 g/mol. The number of nitrogens with zero attached hydrogens (tertiary/aromatic N) is 1. The Labute approximate surface area is 83.2 Å². The molecule has 0 aliphatic carbocycles. The van der Waals surface area contributed by atoms with Crippen molar-refractivity contribution in [3.05, 3.63) is 12.0 Å². The molecule has 80 valence electrons. The monoisotopic (exact) mass is 219 g/mol. The van der Waals surface area contributed by atoms with Gasteiger partial charge in [-0.25, -0.2) is 0 Å². The predicted molar refractivity (Wildman–Crippen MR) is 50.7 cm³/mol. The van der Waals surface area contributed by atoms with Gasteiger partial charge >= 0.3 is 10.1 Å². The van der Waals surface area contributed by atoms with Gasteiger partial charge in [0.05, 0.1) is 5.75 Å². The van der Waals surface area contributed by atoms with Gasteiger partial charge in [-0.05, 0) is 6.92 Å². The summed E-state index contributed by atoms with van der Waals surface area (Å²) in [7, 11) is -3.50. The largest absolute Gasteiger partial charge is 0.377 e. The number of hydrogen-bond acceptors (Lipinski definition) is 5. The van der Waals surface area contributed by atoms with Gasteiger partial charge in [0, 0.05) is 5.92 Å². The van der Waals surface area contributed by atoms with Gasteiger partial charge < -0.3 is 8.71 Å². The zero-order valence-electron chi connectivity index (χ0n) is 8.35. The van der Waals surface area contributed by atoms with E-state index in [1.807, 2.05) is 13.8 Å². The van der Waals surface area contributed by atoms with Gasteiger partial charge in [0.25, 0.3) is 0 Å². The van der Waals surface area contributed by atoms with Crippen LogP contribution in [0.2, 0.25) is 0 Å². The Morgan fingerprint density at radius 3 is 2.71 bits per heavy atom. The lowest BCUT2D eigenvalue weighted by atomic mass is 10.1. The van der Waals surface area contributed by atoms with Crippen molar-refractivity contribution < 1.29 is 17.1 Å². The van der Waals surface area contributed by atoms with Crippen LogP contribution in [0.3, 0.4) is 0 Å². The minimum absolute atomic E-state index is 0.0656. The lowest BCUT2D eigenvalue weighted by Crippen LogP contribution is -2.12. The average Bonchev–Trinajstić information content (AvgIpc) is 2.51. The Bertz CT molecular complexity index is 393. The molecule has 0 aromatic carbocycles. The molecule has 0 N–H and O–H groups in total. The van der Waals surface area contributed by atoms with E-state index < -0.39 is 10.1 Å². The van der Waals surface area contributed by atoms with E-state index in [0.717, 1.165) is 0 Å². The Kier molecular flexibility index (Phi) is 3.15. The molecule has 0 saturated carbocycles. The SMILES string of the molecule is CCS(=O)(=O)Oc1conc1C(C)C. The zero-order valence-corrected chi connectivity index (χ0v) is 9.17. The lowest BCUT2D eigenvalue weighted by Gasteiger charge is -2.05. The van der Waals surface area contributed by atoms with E-state index in [2.05, 4.69) is 9.68 Å². The van der Waals surface area contributed by atoms with Crippen LogP contribution in [0.5, 0.6) is 5.75 Å². The van der Waals surface area contributed by atoms with Crippen molar-refractivity contribution in [2.24, 2.45) is 0 Å². The summed E-state index contributed by atoms with van der Waals surface area (Å²) >= 11 is 0. The van der Waals surface area contributed by atoms with E-state index in [-0.39, 0.29) is 17.4 Å². The first-order valence-electron chi connectivity index (χ1n) is 4.32. The summed E-state index contributed by atoms with van der Waals surface area (Å²) < 4.78 is 31.8. The van der Waals surface area contributed by atoms with E-state index in [4.69, 9.17) is 4.18 Å². The van der Waals surface area contributed by atoms with Crippen molar-refractivity contribution in [3.8, 4) is 5.75 Å². The molecule has 5 nitrogen and oxygen atoms in total. The Balaban J connectivity index is 2.93. The van der Waals surface area contributed by atoms with Crippen molar-refractivity contribution in [1.29, 1.82) is 0 Å². The summed E-state index contributed by atoms with van der Waals surface area (Å²) in [5, 5.41) is 3.67. The Morgan fingerprint density at radius 2 is 2.21 bits per heavy atom. The van der Waals surface area contributed by atoms with Crippen LogP contribution in [0.1, 0.15) is 32.4 Å². The maximum atomic E-state index is 11.1. The van der Waals surface area contributed by atoms with Crippen molar-refractivity contribution >= 4 is 10.1 Å². The molecule has 0 aliphatic heterocycles. The van der Waals surface area contributed by atoms with E-state index >= 15 is 0 Å². The lowest BCUT2D eigenvalue weighted by molar-refractivity contribution is 0.406. The maximum absolute atomic E-state index is 11.1. The molecule has 1 rings (SSSR count). The highest BCUT2D eigenvalue weighted by molar-refractivity contribution is 7.87. The topological polar surface area (TPSA) is 69.4 Å². The predicted octanol–water partition coefficient (Wildman–Crippen LogP) is 1.53. The molecule has 1 aromatic heterocycles. The van der Waals surface area contributed by atoms with Crippen LogP contribution in [0, 0.1) is 0 Å². The van der Waals surface area contributed by atoms with E-state index in [9.17, 15) is 8.42 Å². The van der Waals surface area contributed by atoms with E-state index in [0.29, 0.717) is 5.69 Å². The van der Waals surface area contributed by atoms with Crippen LogP contribution in [-0.4, -0.2) is 19.3 Å². The van der Waals surface area contributed by atoms with Gasteiger partial charge in [-0.15, -0.1) is 0 Å². The van der Waals surface area contributed by atoms with Gasteiger partial charge in [-0.3, -0.25) is 0 Å². The highest BCUT2D eigenvalue weighted by Gasteiger charge is 2.18. The molecule has 0 aliphatic rings. The third kappa shape index (κ3) is 2.47. The summed E-state index contributed by atoms with van der Waals surface area (Å²) in [4.78, 5) is 0. The number of hydrogen-bond donors (Lipinski definition) is 0. The van der Waals surface area contributed by atoms with Crippen molar-refractivity contribution in [2.45, 2.75) is 26.7 Å². The molecule has 0 unspecified atom stereocenters. The van der Waals surface area contributed by atoms with Gasteiger partial charge in [0.1, 0.15) is 5.69 Å². The van der Waals surface area contributed by atoms with Crippen LogP contribution in [0.15, 0.2) is 10.8 Å². The summed E-state index contributed by atoms with van der Waals surface area (Å²) in [6, 6.07) is 0. The molecule has 0 saturated heterocycles. The van der Waals surface area contributed by atoms with Gasteiger partial charge in [-0.2, -0.15) is 8.42 Å². The minimum Gasteiger partial charge on any atom is -0.377 e. The highest BCUT2D eigenvalue weighted by atomic mass is 32.2. The fourth-order valence-electron chi connectivity index (χ4n) is 0.884. The molecular formula is C8H13NO4S. The molecule has 6 heteroatoms. The molecule has 0 amide bonds. The smallest absolute Gasteiger partial charge is 0.309 e. The van der Waals surface area contributed by atoms with Crippen LogP contribution in [-0.2, 0) is 10.1 Å². The summed E-state index contributed by atoms with van der Waals surface area (Å²) in [5.41, 5.74) is 0.516. The summed E-state index contributed by atoms with van der Waals surface area (Å²) in [6.07, 6.45) is 1.20. The number of rotatable bonds is 4. The average molecular weight is 219 g/mol. The normalized spacial score (nSPS) is 12.0. The molecule has 0 atom stereocenters. The van der Waals surface area contributed by atoms with Crippen LogP contribution in [0.25, 0.3) is 0 Å².